The van der Waals surface area contributed by atoms with E-state index in [2.05, 4.69) is 41.3 Å². The average Bonchev–Trinajstić information content (AvgIpc) is 3.51. The minimum atomic E-state index is 0.00232. The van der Waals surface area contributed by atoms with Crippen LogP contribution >= 0.6 is 0 Å². The van der Waals surface area contributed by atoms with Crippen molar-refractivity contribution in [2.75, 3.05) is 6.54 Å². The van der Waals surface area contributed by atoms with Gasteiger partial charge in [-0.1, -0.05) is 35.0 Å². The van der Waals surface area contributed by atoms with E-state index >= 15 is 0 Å². The maximum Gasteiger partial charge on any atom is 0.229 e. The monoisotopic (exact) mass is 337 g/mol. The second-order valence-electron chi connectivity index (χ2n) is 7.82. The first kappa shape index (κ1) is 15.1. The van der Waals surface area contributed by atoms with Crippen LogP contribution in [0.5, 0.6) is 0 Å². The molecule has 2 aromatic rings. The standard InChI is InChI=1S/C20H23N3O2/c1-12-4-2-5-14(10-12)15-11-16(15)20(24)23-9-3-6-17(23)18-21-19(25-22-18)13-7-8-13/h2,4-5,10,13,15-17H,3,6-9,11H2,1H3/t15-,16+,17+/m0/s1. The minimum Gasteiger partial charge on any atom is -0.339 e. The van der Waals surface area contributed by atoms with Crippen LogP contribution < -0.4 is 0 Å². The Balaban J connectivity index is 1.31. The molecule has 5 heteroatoms. The van der Waals surface area contributed by atoms with Crippen LogP contribution in [-0.2, 0) is 4.79 Å². The molecule has 3 fully saturated rings. The molecular weight excluding hydrogens is 314 g/mol. The zero-order valence-electron chi connectivity index (χ0n) is 14.5. The number of amides is 1. The highest BCUT2D eigenvalue weighted by Gasteiger charge is 2.48. The van der Waals surface area contributed by atoms with Crippen molar-refractivity contribution < 1.29 is 9.32 Å². The van der Waals surface area contributed by atoms with Crippen molar-refractivity contribution in [2.45, 2.75) is 56.9 Å². The van der Waals surface area contributed by atoms with E-state index in [9.17, 15) is 4.79 Å². The summed E-state index contributed by atoms with van der Waals surface area (Å²) < 4.78 is 5.41. The molecule has 1 aromatic carbocycles. The molecule has 2 aliphatic carbocycles. The van der Waals surface area contributed by atoms with Crippen LogP contribution in [0.4, 0.5) is 0 Å². The number of nitrogens with zero attached hydrogens (tertiary/aromatic N) is 3. The van der Waals surface area contributed by atoms with Crippen molar-refractivity contribution in [1.82, 2.24) is 15.0 Å². The number of aromatic nitrogens is 2. The van der Waals surface area contributed by atoms with Gasteiger partial charge in [0.25, 0.3) is 0 Å². The largest absolute Gasteiger partial charge is 0.339 e. The fourth-order valence-electron chi connectivity index (χ4n) is 4.13. The van der Waals surface area contributed by atoms with Gasteiger partial charge in [-0.3, -0.25) is 4.79 Å². The fourth-order valence-corrected chi connectivity index (χ4v) is 4.13. The third-order valence-corrected chi connectivity index (χ3v) is 5.80. The van der Waals surface area contributed by atoms with Gasteiger partial charge in [0.15, 0.2) is 5.82 Å². The average molecular weight is 337 g/mol. The van der Waals surface area contributed by atoms with E-state index in [1.165, 1.54) is 11.1 Å². The minimum absolute atomic E-state index is 0.00232. The summed E-state index contributed by atoms with van der Waals surface area (Å²) in [5, 5.41) is 4.18. The maximum atomic E-state index is 13.1. The zero-order valence-corrected chi connectivity index (χ0v) is 14.5. The number of carbonyl (C=O) groups excluding carboxylic acids is 1. The van der Waals surface area contributed by atoms with E-state index < -0.39 is 0 Å². The van der Waals surface area contributed by atoms with Gasteiger partial charge in [-0.15, -0.1) is 0 Å². The molecule has 3 aliphatic rings. The lowest BCUT2D eigenvalue weighted by molar-refractivity contribution is -0.133. The van der Waals surface area contributed by atoms with Crippen molar-refractivity contribution in [3.05, 3.63) is 47.1 Å². The topological polar surface area (TPSA) is 59.2 Å². The summed E-state index contributed by atoms with van der Waals surface area (Å²) in [7, 11) is 0. The first-order chi connectivity index (χ1) is 12.2. The van der Waals surface area contributed by atoms with Gasteiger partial charge >= 0.3 is 0 Å². The molecule has 0 radical (unpaired) electrons. The second kappa shape index (κ2) is 5.68. The van der Waals surface area contributed by atoms with Crippen LogP contribution in [0.3, 0.4) is 0 Å². The second-order valence-corrected chi connectivity index (χ2v) is 7.82. The third-order valence-electron chi connectivity index (χ3n) is 5.80. The molecule has 130 valence electrons. The van der Waals surface area contributed by atoms with Crippen molar-refractivity contribution in [3.63, 3.8) is 0 Å². The normalized spacial score (nSPS) is 28.4. The number of likely N-dealkylation sites (tertiary alicyclic amines) is 1. The van der Waals surface area contributed by atoms with Gasteiger partial charge < -0.3 is 9.42 Å². The van der Waals surface area contributed by atoms with Crippen molar-refractivity contribution in [1.29, 1.82) is 0 Å². The molecule has 3 atom stereocenters. The SMILES string of the molecule is Cc1cccc([C@@H]2C[C@H]2C(=O)N2CCC[C@@H]2c2noc(C3CC3)n2)c1. The summed E-state index contributed by atoms with van der Waals surface area (Å²) in [6, 6.07) is 8.55. The number of carbonyl (C=O) groups is 1. The zero-order chi connectivity index (χ0) is 17.0. The summed E-state index contributed by atoms with van der Waals surface area (Å²) in [6.45, 7) is 2.92. The van der Waals surface area contributed by atoms with E-state index in [0.717, 1.165) is 44.5 Å². The van der Waals surface area contributed by atoms with Crippen molar-refractivity contribution in [2.24, 2.45) is 5.92 Å². The molecule has 0 bridgehead atoms. The summed E-state index contributed by atoms with van der Waals surface area (Å²) in [6.07, 6.45) is 5.22. The van der Waals surface area contributed by atoms with Crippen LogP contribution in [0.25, 0.3) is 0 Å². The Kier molecular flexibility index (Phi) is 3.43. The number of aryl methyl sites for hydroxylation is 1. The lowest BCUT2D eigenvalue weighted by Crippen LogP contribution is -2.32. The molecule has 1 aliphatic heterocycles. The Morgan fingerprint density at radius 3 is 2.96 bits per heavy atom. The molecule has 0 spiro atoms. The van der Waals surface area contributed by atoms with E-state index in [4.69, 9.17) is 4.52 Å². The quantitative estimate of drug-likeness (QED) is 0.853. The Hall–Kier alpha value is -2.17. The molecule has 25 heavy (non-hydrogen) atoms. The van der Waals surface area contributed by atoms with Gasteiger partial charge in [-0.25, -0.2) is 0 Å². The lowest BCUT2D eigenvalue weighted by Gasteiger charge is -2.22. The van der Waals surface area contributed by atoms with E-state index in [1.807, 2.05) is 4.90 Å². The van der Waals surface area contributed by atoms with Gasteiger partial charge in [0.1, 0.15) is 0 Å². The summed E-state index contributed by atoms with van der Waals surface area (Å²) in [4.78, 5) is 19.6. The van der Waals surface area contributed by atoms with Gasteiger partial charge in [-0.05, 0) is 50.5 Å². The molecule has 5 rings (SSSR count). The predicted octanol–water partition coefficient (Wildman–Crippen LogP) is 3.72. The molecule has 0 N–H and O–H groups in total. The predicted molar refractivity (Wildman–Crippen MR) is 92.0 cm³/mol. The van der Waals surface area contributed by atoms with Crippen LogP contribution in [0.15, 0.2) is 28.8 Å². The molecule has 1 aromatic heterocycles. The lowest BCUT2D eigenvalue weighted by atomic mass is 10.1. The molecule has 0 unspecified atom stereocenters. The first-order valence-electron chi connectivity index (χ1n) is 9.41. The number of rotatable bonds is 4. The van der Waals surface area contributed by atoms with Crippen molar-refractivity contribution >= 4 is 5.91 Å². The Morgan fingerprint density at radius 2 is 2.16 bits per heavy atom. The highest BCUT2D eigenvalue weighted by Crippen LogP contribution is 2.50. The Labute approximate surface area is 147 Å². The van der Waals surface area contributed by atoms with Crippen LogP contribution in [-0.4, -0.2) is 27.5 Å². The molecule has 2 heterocycles. The van der Waals surface area contributed by atoms with Gasteiger partial charge in [-0.2, -0.15) is 4.98 Å². The number of benzene rings is 1. The van der Waals surface area contributed by atoms with Crippen molar-refractivity contribution in [3.8, 4) is 0 Å². The molecule has 5 nitrogen and oxygen atoms in total. The third kappa shape index (κ3) is 2.75. The molecule has 2 saturated carbocycles. The van der Waals surface area contributed by atoms with Crippen LogP contribution in [0, 0.1) is 12.8 Å². The van der Waals surface area contributed by atoms with E-state index in [-0.39, 0.29) is 17.9 Å². The number of hydrogen-bond donors (Lipinski definition) is 0. The van der Waals surface area contributed by atoms with Gasteiger partial charge in [0.05, 0.1) is 6.04 Å². The number of hydrogen-bond acceptors (Lipinski definition) is 4. The Morgan fingerprint density at radius 1 is 1.28 bits per heavy atom. The fraction of sp³-hybridized carbons (Fsp3) is 0.550. The van der Waals surface area contributed by atoms with Crippen LogP contribution in [0.1, 0.15) is 72.8 Å². The van der Waals surface area contributed by atoms with Gasteiger partial charge in [0.2, 0.25) is 11.8 Å². The summed E-state index contributed by atoms with van der Waals surface area (Å²) in [5.74, 6) is 2.70. The maximum absolute atomic E-state index is 13.1. The smallest absolute Gasteiger partial charge is 0.229 e. The Bertz CT molecular complexity index is 811. The van der Waals surface area contributed by atoms with E-state index in [1.54, 1.807) is 0 Å². The first-order valence-corrected chi connectivity index (χ1v) is 9.41. The van der Waals surface area contributed by atoms with Crippen LogP contribution in [0.2, 0.25) is 0 Å². The molecular formula is C20H23N3O2. The van der Waals surface area contributed by atoms with E-state index in [0.29, 0.717) is 17.7 Å². The summed E-state index contributed by atoms with van der Waals surface area (Å²) in [5.41, 5.74) is 2.55. The molecule has 1 amide bonds. The highest BCUT2D eigenvalue weighted by atomic mass is 16.5. The molecule has 1 saturated heterocycles. The van der Waals surface area contributed by atoms with Gasteiger partial charge in [0, 0.05) is 18.4 Å². The summed E-state index contributed by atoms with van der Waals surface area (Å²) >= 11 is 0. The highest BCUT2D eigenvalue weighted by molar-refractivity contribution is 5.83.